The van der Waals surface area contributed by atoms with Crippen LogP contribution in [0.3, 0.4) is 0 Å². The van der Waals surface area contributed by atoms with E-state index < -0.39 is 0 Å². The van der Waals surface area contributed by atoms with E-state index in [9.17, 15) is 0 Å². The maximum absolute atomic E-state index is 4.95. The standard InChI is InChI=1S/C26H27N7/c1-18(15-33-14-8-13-27-33)32(16-25-19(2)28-21-9-4-6-11-23(21)30-25)17-26-20(3)29-22-10-5-7-12-24(22)31-26/h4-14,18H,15-17H2,1-3H3/t18-/m0/s1. The molecule has 0 aliphatic rings. The Kier molecular flexibility index (Phi) is 5.79. The van der Waals surface area contributed by atoms with Crippen molar-refractivity contribution < 1.29 is 0 Å². The van der Waals surface area contributed by atoms with Crippen molar-refractivity contribution in [2.75, 3.05) is 0 Å². The molecule has 7 nitrogen and oxygen atoms in total. The number of hydrogen-bond acceptors (Lipinski definition) is 6. The van der Waals surface area contributed by atoms with E-state index in [1.165, 1.54) is 0 Å². The second kappa shape index (κ2) is 9.03. The molecule has 0 unspecified atom stereocenters. The first-order chi connectivity index (χ1) is 16.1. The molecular weight excluding hydrogens is 410 g/mol. The summed E-state index contributed by atoms with van der Waals surface area (Å²) < 4.78 is 1.97. The lowest BCUT2D eigenvalue weighted by Gasteiger charge is -2.29. The highest BCUT2D eigenvalue weighted by molar-refractivity contribution is 5.74. The van der Waals surface area contributed by atoms with Crippen LogP contribution in [0.15, 0.2) is 67.0 Å². The van der Waals surface area contributed by atoms with E-state index in [-0.39, 0.29) is 6.04 Å². The van der Waals surface area contributed by atoms with Gasteiger partial charge in [0.1, 0.15) is 0 Å². The average Bonchev–Trinajstić information content (AvgIpc) is 3.32. The number of hydrogen-bond donors (Lipinski definition) is 0. The minimum Gasteiger partial charge on any atom is -0.287 e. The minimum atomic E-state index is 0.199. The van der Waals surface area contributed by atoms with Gasteiger partial charge >= 0.3 is 0 Å². The van der Waals surface area contributed by atoms with Crippen LogP contribution in [0.2, 0.25) is 0 Å². The van der Waals surface area contributed by atoms with Crippen molar-refractivity contribution in [3.8, 4) is 0 Å². The summed E-state index contributed by atoms with van der Waals surface area (Å²) in [6.07, 6.45) is 3.81. The van der Waals surface area contributed by atoms with Gasteiger partial charge in [-0.05, 0) is 51.1 Å². The minimum absolute atomic E-state index is 0.199. The molecule has 5 aromatic rings. The summed E-state index contributed by atoms with van der Waals surface area (Å²) in [6.45, 7) is 8.39. The van der Waals surface area contributed by atoms with Gasteiger partial charge in [0.05, 0.1) is 51.4 Å². The van der Waals surface area contributed by atoms with Crippen LogP contribution in [0.25, 0.3) is 22.1 Å². The number of aromatic nitrogens is 6. The molecule has 0 saturated heterocycles. The Labute approximate surface area is 193 Å². The zero-order valence-corrected chi connectivity index (χ0v) is 19.2. The van der Waals surface area contributed by atoms with Gasteiger partial charge in [-0.2, -0.15) is 5.10 Å². The zero-order valence-electron chi connectivity index (χ0n) is 19.2. The third kappa shape index (κ3) is 4.59. The van der Waals surface area contributed by atoms with Crippen molar-refractivity contribution >= 4 is 22.1 Å². The van der Waals surface area contributed by atoms with Gasteiger partial charge in [0.25, 0.3) is 0 Å². The fourth-order valence-corrected chi connectivity index (χ4v) is 4.10. The van der Waals surface area contributed by atoms with Crippen molar-refractivity contribution in [1.29, 1.82) is 0 Å². The summed E-state index contributed by atoms with van der Waals surface area (Å²) in [7, 11) is 0. The van der Waals surface area contributed by atoms with Gasteiger partial charge in [-0.15, -0.1) is 0 Å². The van der Waals surface area contributed by atoms with Crippen LogP contribution >= 0.6 is 0 Å². The molecule has 2 aromatic carbocycles. The first-order valence-corrected chi connectivity index (χ1v) is 11.2. The molecule has 0 fully saturated rings. The van der Waals surface area contributed by atoms with E-state index in [0.29, 0.717) is 13.1 Å². The molecule has 0 saturated carbocycles. The maximum Gasteiger partial charge on any atom is 0.0890 e. The number of para-hydroxylation sites is 4. The summed E-state index contributed by atoms with van der Waals surface area (Å²) in [5.74, 6) is 0. The van der Waals surface area contributed by atoms with E-state index in [1.54, 1.807) is 0 Å². The number of nitrogens with zero attached hydrogens (tertiary/aromatic N) is 7. The van der Waals surface area contributed by atoms with Crippen molar-refractivity contribution in [2.24, 2.45) is 0 Å². The average molecular weight is 438 g/mol. The highest BCUT2D eigenvalue weighted by atomic mass is 15.3. The third-order valence-electron chi connectivity index (χ3n) is 6.03. The molecule has 0 N–H and O–H groups in total. The SMILES string of the molecule is Cc1nc2ccccc2nc1CN(Cc1nc2ccccc2nc1C)[C@@H](C)Cn1cccn1. The Bertz CT molecular complexity index is 1310. The third-order valence-corrected chi connectivity index (χ3v) is 6.03. The molecule has 5 rings (SSSR count). The molecule has 0 amide bonds. The van der Waals surface area contributed by atoms with Crippen LogP contribution in [0.4, 0.5) is 0 Å². The highest BCUT2D eigenvalue weighted by Gasteiger charge is 2.20. The molecule has 0 spiro atoms. The van der Waals surface area contributed by atoms with E-state index in [2.05, 4.69) is 16.9 Å². The first kappa shape index (κ1) is 21.2. The monoisotopic (exact) mass is 437 g/mol. The summed E-state index contributed by atoms with van der Waals surface area (Å²) in [5, 5.41) is 4.40. The first-order valence-electron chi connectivity index (χ1n) is 11.2. The fraction of sp³-hybridized carbons (Fsp3) is 0.269. The largest absolute Gasteiger partial charge is 0.287 e. The topological polar surface area (TPSA) is 72.6 Å². The van der Waals surface area contributed by atoms with Crippen molar-refractivity contribution in [3.63, 3.8) is 0 Å². The molecule has 0 bridgehead atoms. The molecule has 7 heteroatoms. The van der Waals surface area contributed by atoms with E-state index in [1.807, 2.05) is 85.5 Å². The van der Waals surface area contributed by atoms with Gasteiger partial charge in [-0.25, -0.2) is 19.9 Å². The Morgan fingerprint density at radius 2 is 1.21 bits per heavy atom. The quantitative estimate of drug-likeness (QED) is 0.374. The fourth-order valence-electron chi connectivity index (χ4n) is 4.10. The van der Waals surface area contributed by atoms with E-state index in [0.717, 1.165) is 51.4 Å². The summed E-state index contributed by atoms with van der Waals surface area (Å²) in [5.41, 5.74) is 7.54. The van der Waals surface area contributed by atoms with Crippen molar-refractivity contribution in [3.05, 3.63) is 89.8 Å². The van der Waals surface area contributed by atoms with Crippen LogP contribution < -0.4 is 0 Å². The van der Waals surface area contributed by atoms with Gasteiger partial charge in [-0.1, -0.05) is 24.3 Å². The highest BCUT2D eigenvalue weighted by Crippen LogP contribution is 2.20. The molecule has 0 aliphatic carbocycles. The second-order valence-corrected chi connectivity index (χ2v) is 8.47. The molecular formula is C26H27N7. The zero-order chi connectivity index (χ0) is 22.8. The van der Waals surface area contributed by atoms with Crippen LogP contribution in [0.1, 0.15) is 29.7 Å². The summed E-state index contributed by atoms with van der Waals surface area (Å²) in [4.78, 5) is 21.9. The van der Waals surface area contributed by atoms with E-state index in [4.69, 9.17) is 19.9 Å². The van der Waals surface area contributed by atoms with Gasteiger partial charge in [-0.3, -0.25) is 9.58 Å². The maximum atomic E-state index is 4.95. The predicted octanol–water partition coefficient (Wildman–Crippen LogP) is 4.48. The molecule has 3 heterocycles. The molecule has 1 atom stereocenters. The number of benzene rings is 2. The molecule has 3 aromatic heterocycles. The van der Waals surface area contributed by atoms with Crippen molar-refractivity contribution in [1.82, 2.24) is 34.6 Å². The Morgan fingerprint density at radius 1 is 0.727 bits per heavy atom. The second-order valence-electron chi connectivity index (χ2n) is 8.47. The van der Waals surface area contributed by atoms with Crippen LogP contribution in [-0.2, 0) is 19.6 Å². The lowest BCUT2D eigenvalue weighted by molar-refractivity contribution is 0.165. The van der Waals surface area contributed by atoms with Gasteiger partial charge in [0, 0.05) is 31.5 Å². The molecule has 33 heavy (non-hydrogen) atoms. The van der Waals surface area contributed by atoms with Crippen LogP contribution in [0.5, 0.6) is 0 Å². The normalized spacial score (nSPS) is 12.6. The Hall–Kier alpha value is -3.71. The molecule has 0 radical (unpaired) electrons. The number of fused-ring (bicyclic) bond motifs is 2. The van der Waals surface area contributed by atoms with Crippen LogP contribution in [0, 0.1) is 13.8 Å². The Balaban J connectivity index is 1.49. The lowest BCUT2D eigenvalue weighted by atomic mass is 10.1. The molecule has 166 valence electrons. The lowest BCUT2D eigenvalue weighted by Crippen LogP contribution is -2.36. The molecule has 0 aliphatic heterocycles. The van der Waals surface area contributed by atoms with Gasteiger partial charge < -0.3 is 0 Å². The smallest absolute Gasteiger partial charge is 0.0890 e. The van der Waals surface area contributed by atoms with Gasteiger partial charge in [0.2, 0.25) is 0 Å². The number of aryl methyl sites for hydroxylation is 2. The van der Waals surface area contributed by atoms with E-state index >= 15 is 0 Å². The van der Waals surface area contributed by atoms with Crippen molar-refractivity contribution in [2.45, 2.75) is 46.4 Å². The van der Waals surface area contributed by atoms with Gasteiger partial charge in [0.15, 0.2) is 0 Å². The summed E-state index contributed by atoms with van der Waals surface area (Å²) in [6, 6.07) is 18.2. The predicted molar refractivity (Wildman–Crippen MR) is 129 cm³/mol. The number of rotatable bonds is 7. The van der Waals surface area contributed by atoms with Crippen LogP contribution in [-0.4, -0.2) is 40.7 Å². The Morgan fingerprint density at radius 3 is 1.67 bits per heavy atom. The summed E-state index contributed by atoms with van der Waals surface area (Å²) >= 11 is 0.